The van der Waals surface area contributed by atoms with Crippen LogP contribution in [0.3, 0.4) is 0 Å². The molecule has 0 atom stereocenters. The summed E-state index contributed by atoms with van der Waals surface area (Å²) < 4.78 is 118. The molecule has 0 amide bonds. The minimum Gasteiger partial charge on any atom is -0.508 e. The third-order valence-corrected chi connectivity index (χ3v) is 17.6. The minimum absolute atomic E-state index is 0. The summed E-state index contributed by atoms with van der Waals surface area (Å²) in [5.74, 6) is 0.897. The third kappa shape index (κ3) is 18.9. The van der Waals surface area contributed by atoms with Gasteiger partial charge in [0.25, 0.3) is 0 Å². The number of halogens is 12. The van der Waals surface area contributed by atoms with Crippen molar-refractivity contribution in [2.24, 2.45) is 0 Å². The summed E-state index contributed by atoms with van der Waals surface area (Å²) in [7, 11) is -21.3. The van der Waals surface area contributed by atoms with Gasteiger partial charge in [-0.3, -0.25) is 0 Å². The van der Waals surface area contributed by atoms with Crippen LogP contribution in [-0.2, 0) is 34.1 Å². The Balaban J connectivity index is 0.000000165. The molecule has 0 fully saturated rings. The SMILES string of the molecule is F[P-](F)(F)(F)(F)F.F[P-](F)(F)(F)(F)F.Oc1ccc(-c2ccc3ccc4ccc(-c5cccc(-c6ccc7ccc8ccc(-c9ccc(O)cc9)nc8c7n6)c5)nc4c3n2)cc1.Oc1ccc(-c2ccc3ccc4ccc(-c5cccc(-c6ccc7ccc8ccc(-c9ccc(O)cc9)nc8c7n6)c5)nc4c3n2)cc1.[Cu+].[Cu+]. The van der Waals surface area contributed by atoms with Gasteiger partial charge in [0.2, 0.25) is 0 Å². The summed E-state index contributed by atoms with van der Waals surface area (Å²) in [4.78, 5) is 40.6. The molecule has 0 aliphatic carbocycles. The first-order valence-corrected chi connectivity index (χ1v) is 37.4. The van der Waals surface area contributed by atoms with E-state index >= 15 is 0 Å². The summed E-state index contributed by atoms with van der Waals surface area (Å²) in [6.07, 6.45) is 0. The van der Waals surface area contributed by atoms with Crippen molar-refractivity contribution in [2.75, 3.05) is 0 Å². The van der Waals surface area contributed by atoms with Gasteiger partial charge in [-0.25, -0.2) is 39.9 Å². The maximum atomic E-state index is 9.87. The predicted molar refractivity (Wildman–Crippen MR) is 413 cm³/mol. The van der Waals surface area contributed by atoms with Crippen LogP contribution in [0.15, 0.2) is 291 Å². The Morgan fingerprint density at radius 2 is 0.295 bits per heavy atom. The first-order valence-electron chi connectivity index (χ1n) is 33.4. The summed E-state index contributed by atoms with van der Waals surface area (Å²) in [5, 5.41) is 47.1. The fourth-order valence-electron chi connectivity index (χ4n) is 12.6. The number of hydrogen-bond donors (Lipinski definition) is 4. The molecule has 0 radical (unpaired) electrons. The molecule has 18 aromatic rings. The summed E-state index contributed by atoms with van der Waals surface area (Å²) >= 11 is 0. The fourth-order valence-corrected chi connectivity index (χ4v) is 12.6. The van der Waals surface area contributed by atoms with Crippen molar-refractivity contribution >= 4 is 103 Å². The van der Waals surface area contributed by atoms with Crippen LogP contribution in [-0.4, -0.2) is 60.3 Å². The van der Waals surface area contributed by atoms with E-state index in [9.17, 15) is 70.8 Å². The number of aromatic nitrogens is 8. The zero-order valence-corrected chi connectivity index (χ0v) is 60.8. The van der Waals surface area contributed by atoms with Crippen LogP contribution in [0.5, 0.6) is 23.0 Å². The molecule has 8 aromatic heterocycles. The van der Waals surface area contributed by atoms with Gasteiger partial charge < -0.3 is 20.4 Å². The van der Waals surface area contributed by atoms with Crippen LogP contribution in [0, 0.1) is 0 Å². The van der Waals surface area contributed by atoms with Crippen LogP contribution >= 0.6 is 15.6 Å². The van der Waals surface area contributed by atoms with E-state index in [1.807, 2.05) is 109 Å². The van der Waals surface area contributed by atoms with Gasteiger partial charge >= 0.3 is 100 Å². The first kappa shape index (κ1) is 77.9. The maximum absolute atomic E-state index is 10.7. The Morgan fingerprint density at radius 1 is 0.170 bits per heavy atom. The molecule has 12 nitrogen and oxygen atoms in total. The van der Waals surface area contributed by atoms with Gasteiger partial charge in [0, 0.05) is 87.6 Å². The number of hydrogen-bond acceptors (Lipinski definition) is 12. The quantitative estimate of drug-likeness (QED) is 0.0489. The van der Waals surface area contributed by atoms with Gasteiger partial charge in [0.05, 0.1) is 89.7 Å². The van der Waals surface area contributed by atoms with Crippen molar-refractivity contribution < 1.29 is 105 Å². The molecular weight excluding hydrogens is 1600 g/mol. The monoisotopic (exact) mass is 1650 g/mol. The summed E-state index contributed by atoms with van der Waals surface area (Å²) in [5.41, 5.74) is 21.0. The normalized spacial score (nSPS) is 12.8. The van der Waals surface area contributed by atoms with Gasteiger partial charge in [0.15, 0.2) is 0 Å². The molecule has 0 saturated heterocycles. The second kappa shape index (κ2) is 28.6. The summed E-state index contributed by atoms with van der Waals surface area (Å²) in [6, 6.07) is 94.4. The molecule has 0 aliphatic heterocycles. The van der Waals surface area contributed by atoms with Crippen molar-refractivity contribution in [1.29, 1.82) is 0 Å². The van der Waals surface area contributed by atoms with E-state index in [0.29, 0.717) is 0 Å². The Labute approximate surface area is 648 Å². The average Bonchev–Trinajstić information content (AvgIpc) is 0.766. The molecule has 112 heavy (non-hydrogen) atoms. The van der Waals surface area contributed by atoms with E-state index < -0.39 is 15.6 Å². The molecule has 0 saturated carbocycles. The van der Waals surface area contributed by atoms with Crippen LogP contribution in [0.2, 0.25) is 0 Å². The van der Waals surface area contributed by atoms with E-state index in [1.165, 1.54) is 0 Å². The van der Waals surface area contributed by atoms with Gasteiger partial charge in [-0.05, 0) is 158 Å². The second-order valence-corrected chi connectivity index (χ2v) is 29.5. The van der Waals surface area contributed by atoms with Crippen LogP contribution in [0.1, 0.15) is 0 Å². The molecule has 8 heterocycles. The fraction of sp³-hybridized carbons (Fsp3) is 0. The predicted octanol–water partition coefficient (Wildman–Crippen LogP) is 26.7. The van der Waals surface area contributed by atoms with Crippen LogP contribution in [0.25, 0.3) is 177 Å². The van der Waals surface area contributed by atoms with Crippen molar-refractivity contribution in [1.82, 2.24) is 39.9 Å². The summed E-state index contributed by atoms with van der Waals surface area (Å²) in [6.45, 7) is 0. The van der Waals surface area contributed by atoms with Crippen molar-refractivity contribution in [2.45, 2.75) is 0 Å². The van der Waals surface area contributed by atoms with Gasteiger partial charge in [-0.2, -0.15) is 0 Å². The smallest absolute Gasteiger partial charge is 0.508 e. The van der Waals surface area contributed by atoms with Gasteiger partial charge in [0.1, 0.15) is 23.0 Å². The third-order valence-electron chi connectivity index (χ3n) is 17.6. The van der Waals surface area contributed by atoms with Gasteiger partial charge in [-0.15, -0.1) is 0 Å². The molecule has 0 spiro atoms. The Bertz CT molecular complexity index is 5920. The topological polar surface area (TPSA) is 184 Å². The Kier molecular flexibility index (Phi) is 19.9. The Morgan fingerprint density at radius 3 is 0.438 bits per heavy atom. The largest absolute Gasteiger partial charge is 1.00 e. The first-order chi connectivity index (χ1) is 52.0. The van der Waals surface area contributed by atoms with Crippen molar-refractivity contribution in [3.63, 3.8) is 0 Å². The second-order valence-electron chi connectivity index (χ2n) is 25.7. The maximum Gasteiger partial charge on any atom is 1.00 e. The number of fused-ring (bicyclic) bond motifs is 12. The van der Waals surface area contributed by atoms with Crippen molar-refractivity contribution in [3.8, 4) is 113 Å². The van der Waals surface area contributed by atoms with E-state index in [2.05, 4.69) is 133 Å². The zero-order chi connectivity index (χ0) is 77.2. The Hall–Kier alpha value is -12.3. The van der Waals surface area contributed by atoms with Crippen LogP contribution < -0.4 is 0 Å². The number of phenols is 4. The number of nitrogens with zero attached hydrogens (tertiary/aromatic N) is 8. The number of benzene rings is 10. The molecule has 0 unspecified atom stereocenters. The van der Waals surface area contributed by atoms with Crippen molar-refractivity contribution in [3.05, 3.63) is 291 Å². The molecule has 568 valence electrons. The minimum atomic E-state index is -10.7. The van der Waals surface area contributed by atoms with E-state index in [4.69, 9.17) is 39.9 Å². The number of pyridine rings is 8. The molecule has 18 rings (SSSR count). The number of rotatable bonds is 8. The molecule has 0 bridgehead atoms. The van der Waals surface area contributed by atoms with E-state index in [1.54, 1.807) is 48.5 Å². The van der Waals surface area contributed by atoms with Crippen LogP contribution in [0.4, 0.5) is 50.4 Å². The van der Waals surface area contributed by atoms with Gasteiger partial charge in [-0.1, -0.05) is 133 Å². The molecular formula is C84H52Cu2F12N8O4P2. The van der Waals surface area contributed by atoms with E-state index in [0.717, 1.165) is 177 Å². The molecule has 10 aromatic carbocycles. The standard InChI is InChI=1S/2C42H26N4O2.2Cu.2F6P/c2*47-33-16-8-25(9-17-33)35-20-12-27-4-6-29-14-22-37(45-41(29)39(27)43-35)31-2-1-3-32(24-31)38-23-15-30-7-5-28-13-21-36(44-40(28)42(30)46-38)26-10-18-34(48)19-11-26;;;2*1-7(2,3,4,5)6/h2*1-24,47-48H;;;;/q;;2*+1;2*-1. The zero-order valence-electron chi connectivity index (χ0n) is 57.1. The molecule has 4 N–H and O–H groups in total. The van der Waals surface area contributed by atoms with E-state index in [-0.39, 0.29) is 57.1 Å². The number of phenolic OH excluding ortho intramolecular Hbond substituents is 4. The average molecular weight is 1650 g/mol. The molecule has 0 aliphatic rings. The number of aromatic hydroxyl groups is 4. The molecule has 28 heteroatoms.